The number of hydrogen-bond donors (Lipinski definition) is 0. The number of aromatic nitrogens is 2. The van der Waals surface area contributed by atoms with Gasteiger partial charge in [-0.3, -0.25) is 0 Å². The van der Waals surface area contributed by atoms with E-state index >= 15 is 0 Å². The lowest BCUT2D eigenvalue weighted by Gasteiger charge is -2.07. The summed E-state index contributed by atoms with van der Waals surface area (Å²) in [6.07, 6.45) is 0. The summed E-state index contributed by atoms with van der Waals surface area (Å²) in [5.74, 6) is 1.22. The Hall–Kier alpha value is -3.49. The average molecular weight is 408 g/mol. The maximum absolute atomic E-state index is 6.10. The molecule has 1 unspecified atom stereocenters. The molecule has 0 aliphatic rings. The highest BCUT2D eigenvalue weighted by Gasteiger charge is 2.17. The van der Waals surface area contributed by atoms with Gasteiger partial charge in [0.1, 0.15) is 11.0 Å². The third kappa shape index (κ3) is 2.72. The van der Waals surface area contributed by atoms with Crippen molar-refractivity contribution in [3.05, 3.63) is 78.4 Å². The number of nitrogens with zero attached hydrogens (tertiary/aromatic N) is 2. The van der Waals surface area contributed by atoms with Gasteiger partial charge in [0, 0.05) is 11.1 Å². The number of oxazole rings is 2. The fraction of sp³-hybridized carbons (Fsp3) is 0.0400. The number of hydrogen-bond acceptors (Lipinski definition) is 4. The zero-order valence-corrected chi connectivity index (χ0v) is 17.4. The van der Waals surface area contributed by atoms with E-state index in [1.54, 1.807) is 0 Å². The highest BCUT2D eigenvalue weighted by Crippen LogP contribution is 2.37. The van der Waals surface area contributed by atoms with Gasteiger partial charge in [-0.2, -0.15) is 0 Å². The number of rotatable bonds is 2. The quantitative estimate of drug-likeness (QED) is 0.317. The van der Waals surface area contributed by atoms with E-state index in [-0.39, 0.29) is 0 Å². The molecule has 0 saturated heterocycles. The fourth-order valence-electron chi connectivity index (χ4n) is 3.88. The van der Waals surface area contributed by atoms with E-state index in [0.29, 0.717) is 11.8 Å². The van der Waals surface area contributed by atoms with Crippen molar-refractivity contribution in [1.82, 2.24) is 9.97 Å². The smallest absolute Gasteiger partial charge is 0.227 e. The van der Waals surface area contributed by atoms with Crippen molar-refractivity contribution >= 4 is 47.5 Å². The molecule has 0 aliphatic carbocycles. The zero-order chi connectivity index (χ0) is 20.2. The molecule has 0 amide bonds. The van der Waals surface area contributed by atoms with Crippen LogP contribution in [0.3, 0.4) is 0 Å². The molecule has 0 bridgehead atoms. The highest BCUT2D eigenvalue weighted by molar-refractivity contribution is 7.27. The molecule has 0 spiro atoms. The van der Waals surface area contributed by atoms with Crippen molar-refractivity contribution in [1.29, 1.82) is 0 Å². The van der Waals surface area contributed by atoms with Crippen molar-refractivity contribution in [2.75, 3.05) is 0 Å². The molecule has 144 valence electrons. The van der Waals surface area contributed by atoms with Crippen LogP contribution >= 0.6 is 9.24 Å². The Kier molecular flexibility index (Phi) is 3.77. The fourth-order valence-corrected chi connectivity index (χ4v) is 4.12. The van der Waals surface area contributed by atoms with Crippen LogP contribution in [0, 0.1) is 6.92 Å². The van der Waals surface area contributed by atoms with Crippen molar-refractivity contribution < 1.29 is 8.83 Å². The Morgan fingerprint density at radius 1 is 0.667 bits per heavy atom. The van der Waals surface area contributed by atoms with Gasteiger partial charge < -0.3 is 8.83 Å². The second-order valence-electron chi connectivity index (χ2n) is 7.44. The van der Waals surface area contributed by atoms with Gasteiger partial charge in [0.05, 0.1) is 0 Å². The first kappa shape index (κ1) is 17.4. The van der Waals surface area contributed by atoms with Crippen molar-refractivity contribution in [3.63, 3.8) is 0 Å². The second-order valence-corrected chi connectivity index (χ2v) is 8.11. The van der Waals surface area contributed by atoms with Gasteiger partial charge in [-0.15, -0.1) is 9.24 Å². The van der Waals surface area contributed by atoms with Gasteiger partial charge >= 0.3 is 0 Å². The van der Waals surface area contributed by atoms with Gasteiger partial charge in [0.25, 0.3) is 0 Å². The summed E-state index contributed by atoms with van der Waals surface area (Å²) >= 11 is 0. The first-order valence-electron chi connectivity index (χ1n) is 9.71. The maximum Gasteiger partial charge on any atom is 0.227 e. The van der Waals surface area contributed by atoms with Crippen LogP contribution in [0.15, 0.2) is 81.6 Å². The van der Waals surface area contributed by atoms with E-state index in [2.05, 4.69) is 21.4 Å². The van der Waals surface area contributed by atoms with Gasteiger partial charge in [-0.25, -0.2) is 9.97 Å². The normalized spacial score (nSPS) is 11.7. The Balaban J connectivity index is 1.57. The van der Waals surface area contributed by atoms with E-state index in [4.69, 9.17) is 18.8 Å². The van der Waals surface area contributed by atoms with Gasteiger partial charge in [-0.05, 0) is 65.0 Å². The summed E-state index contributed by atoms with van der Waals surface area (Å²) in [6, 6.07) is 24.3. The van der Waals surface area contributed by atoms with Gasteiger partial charge in [0.15, 0.2) is 11.2 Å². The van der Waals surface area contributed by atoms with Crippen LogP contribution in [0.5, 0.6) is 0 Å². The molecule has 0 saturated carbocycles. The summed E-state index contributed by atoms with van der Waals surface area (Å²) in [5, 5.41) is 3.16. The Morgan fingerprint density at radius 3 is 1.87 bits per heavy atom. The number of benzene rings is 4. The van der Waals surface area contributed by atoms with E-state index in [0.717, 1.165) is 55.0 Å². The molecular formula is C25H17N2O2P. The zero-order valence-electron chi connectivity index (χ0n) is 16.2. The third-order valence-corrected chi connectivity index (χ3v) is 5.70. The molecule has 6 rings (SSSR count). The molecule has 6 aromatic rings. The Morgan fingerprint density at radius 2 is 1.23 bits per heavy atom. The molecule has 2 aromatic heterocycles. The molecule has 2 heterocycles. The Labute approximate surface area is 174 Å². The van der Waals surface area contributed by atoms with Crippen LogP contribution in [0.2, 0.25) is 0 Å². The molecule has 1 atom stereocenters. The predicted octanol–water partition coefficient (Wildman–Crippen LogP) is 6.27. The molecule has 0 radical (unpaired) electrons. The van der Waals surface area contributed by atoms with Crippen LogP contribution < -0.4 is 5.30 Å². The van der Waals surface area contributed by atoms with Gasteiger partial charge in [-0.1, -0.05) is 36.4 Å². The molecular weight excluding hydrogens is 391 g/mol. The van der Waals surface area contributed by atoms with Gasteiger partial charge in [0.2, 0.25) is 11.8 Å². The molecule has 5 heteroatoms. The van der Waals surface area contributed by atoms with E-state index in [9.17, 15) is 0 Å². The lowest BCUT2D eigenvalue weighted by atomic mass is 9.99. The molecule has 4 nitrogen and oxygen atoms in total. The van der Waals surface area contributed by atoms with Crippen molar-refractivity contribution in [3.8, 4) is 22.9 Å². The SMILES string of the molecule is Cc1ccc2nc(-c3ccc(-c4nc5ccc(P)cc5o4)c4ccccc34)oc2c1. The first-order chi connectivity index (χ1) is 14.7. The lowest BCUT2D eigenvalue weighted by molar-refractivity contribution is 0.619. The minimum atomic E-state index is 0.608. The third-order valence-electron chi connectivity index (χ3n) is 5.34. The largest absolute Gasteiger partial charge is 0.436 e. The average Bonchev–Trinajstić information content (AvgIpc) is 3.36. The molecule has 30 heavy (non-hydrogen) atoms. The first-order valence-corrected chi connectivity index (χ1v) is 10.3. The Bertz CT molecular complexity index is 1460. The second kappa shape index (κ2) is 6.51. The minimum Gasteiger partial charge on any atom is -0.436 e. The lowest BCUT2D eigenvalue weighted by Crippen LogP contribution is -1.86. The van der Waals surface area contributed by atoms with Crippen LogP contribution in [-0.2, 0) is 0 Å². The maximum atomic E-state index is 6.10. The summed E-state index contributed by atoms with van der Waals surface area (Å²) < 4.78 is 12.2. The van der Waals surface area contributed by atoms with E-state index in [1.165, 1.54) is 0 Å². The van der Waals surface area contributed by atoms with E-state index in [1.807, 2.05) is 67.6 Å². The van der Waals surface area contributed by atoms with Crippen LogP contribution in [0.4, 0.5) is 0 Å². The number of fused-ring (bicyclic) bond motifs is 3. The monoisotopic (exact) mass is 408 g/mol. The summed E-state index contributed by atoms with van der Waals surface area (Å²) in [7, 11) is 2.69. The highest BCUT2D eigenvalue weighted by atomic mass is 31.0. The molecule has 4 aromatic carbocycles. The topological polar surface area (TPSA) is 52.1 Å². The predicted molar refractivity (Wildman–Crippen MR) is 124 cm³/mol. The van der Waals surface area contributed by atoms with Crippen LogP contribution in [0.1, 0.15) is 5.56 Å². The summed E-state index contributed by atoms with van der Waals surface area (Å²) in [4.78, 5) is 9.42. The van der Waals surface area contributed by atoms with Crippen LogP contribution in [0.25, 0.3) is 55.9 Å². The molecule has 0 N–H and O–H groups in total. The van der Waals surface area contributed by atoms with Crippen molar-refractivity contribution in [2.45, 2.75) is 6.92 Å². The standard InChI is InChI=1S/C25H17N2O2P/c1-14-6-10-20-22(12-14)28-24(26-20)18-8-9-19(17-5-3-2-4-16(17)18)25-27-21-11-7-15(30)13-23(21)29-25/h2-13H,30H2,1H3. The van der Waals surface area contributed by atoms with Crippen LogP contribution in [-0.4, -0.2) is 9.97 Å². The summed E-state index contributed by atoms with van der Waals surface area (Å²) in [6.45, 7) is 2.05. The summed E-state index contributed by atoms with van der Waals surface area (Å²) in [5.41, 5.74) is 6.32. The molecule has 0 aliphatic heterocycles. The minimum absolute atomic E-state index is 0.608. The van der Waals surface area contributed by atoms with Crippen molar-refractivity contribution in [2.24, 2.45) is 0 Å². The van der Waals surface area contributed by atoms with E-state index < -0.39 is 0 Å². The number of aryl methyl sites for hydroxylation is 1. The molecule has 0 fully saturated rings.